The van der Waals surface area contributed by atoms with Gasteiger partial charge in [-0.25, -0.2) is 9.48 Å². The Morgan fingerprint density at radius 3 is 2.54 bits per heavy atom. The van der Waals surface area contributed by atoms with Crippen molar-refractivity contribution in [2.24, 2.45) is 0 Å². The molecule has 0 amide bonds. The van der Waals surface area contributed by atoms with Crippen LogP contribution in [0.3, 0.4) is 0 Å². The van der Waals surface area contributed by atoms with Crippen LogP contribution in [-0.2, 0) is 12.8 Å². The number of nitrogens with zero attached hydrogens (tertiary/aromatic N) is 2. The molecule has 3 rings (SSSR count). The van der Waals surface area contributed by atoms with Crippen LogP contribution in [-0.4, -0.2) is 20.9 Å². The van der Waals surface area contributed by atoms with Crippen LogP contribution in [0.1, 0.15) is 27.3 Å². The average molecular weight is 341 g/mol. The molecule has 2 aromatic carbocycles. The lowest BCUT2D eigenvalue weighted by molar-refractivity contribution is 0.0695. The fourth-order valence-electron chi connectivity index (χ4n) is 2.78. The minimum absolute atomic E-state index is 0.269. The van der Waals surface area contributed by atoms with Crippen LogP contribution in [0.15, 0.2) is 54.6 Å². The van der Waals surface area contributed by atoms with Crippen LogP contribution < -0.4 is 0 Å². The molecule has 0 saturated carbocycles. The molecule has 0 fully saturated rings. The lowest BCUT2D eigenvalue weighted by Crippen LogP contribution is -2.03. The molecule has 0 unspecified atom stereocenters. The van der Waals surface area contributed by atoms with E-state index in [2.05, 4.69) is 5.10 Å². The van der Waals surface area contributed by atoms with Gasteiger partial charge in [0, 0.05) is 5.02 Å². The summed E-state index contributed by atoms with van der Waals surface area (Å²) in [6.45, 7) is 1.77. The van der Waals surface area contributed by atoms with Gasteiger partial charge in [0.2, 0.25) is 0 Å². The van der Waals surface area contributed by atoms with Gasteiger partial charge in [-0.1, -0.05) is 48.0 Å². The molecule has 0 atom stereocenters. The van der Waals surface area contributed by atoms with Gasteiger partial charge in [0.25, 0.3) is 0 Å². The van der Waals surface area contributed by atoms with Crippen LogP contribution >= 0.6 is 11.6 Å². The summed E-state index contributed by atoms with van der Waals surface area (Å²) >= 11 is 6.04. The standard InChI is InChI=1S/C19H17ClN2O2/c1-13-18(19(23)24)17(11-10-14-6-3-2-4-7-14)21-22(13)16-9-5-8-15(20)12-16/h2-9,12H,10-11H2,1H3,(H,23,24). The molecule has 24 heavy (non-hydrogen) atoms. The molecule has 1 heterocycles. The van der Waals surface area contributed by atoms with E-state index in [1.54, 1.807) is 23.7 Å². The molecule has 0 spiro atoms. The summed E-state index contributed by atoms with van der Waals surface area (Å²) in [5.41, 5.74) is 3.37. The fraction of sp³-hybridized carbons (Fsp3) is 0.158. The third-order valence-electron chi connectivity index (χ3n) is 3.95. The molecular formula is C19H17ClN2O2. The first kappa shape index (κ1) is 16.3. The van der Waals surface area contributed by atoms with Crippen LogP contribution in [0.2, 0.25) is 5.02 Å². The number of aryl methyl sites for hydroxylation is 2. The van der Waals surface area contributed by atoms with E-state index in [0.717, 1.165) is 17.7 Å². The minimum Gasteiger partial charge on any atom is -0.478 e. The van der Waals surface area contributed by atoms with Crippen molar-refractivity contribution in [2.45, 2.75) is 19.8 Å². The van der Waals surface area contributed by atoms with Gasteiger partial charge in [0.1, 0.15) is 5.56 Å². The summed E-state index contributed by atoms with van der Waals surface area (Å²) < 4.78 is 1.65. The van der Waals surface area contributed by atoms with E-state index in [0.29, 0.717) is 22.8 Å². The second-order valence-electron chi connectivity index (χ2n) is 5.59. The Balaban J connectivity index is 1.97. The first-order chi connectivity index (χ1) is 11.6. The van der Waals surface area contributed by atoms with E-state index in [4.69, 9.17) is 11.6 Å². The molecule has 1 N–H and O–H groups in total. The van der Waals surface area contributed by atoms with Gasteiger partial charge in [-0.15, -0.1) is 0 Å². The van der Waals surface area contributed by atoms with Crippen LogP contribution in [0.4, 0.5) is 0 Å². The zero-order chi connectivity index (χ0) is 17.1. The highest BCUT2D eigenvalue weighted by Gasteiger charge is 2.21. The van der Waals surface area contributed by atoms with Gasteiger partial charge in [-0.05, 0) is 43.5 Å². The van der Waals surface area contributed by atoms with Gasteiger partial charge in [-0.3, -0.25) is 0 Å². The first-order valence-corrected chi connectivity index (χ1v) is 8.05. The van der Waals surface area contributed by atoms with Crippen molar-refractivity contribution in [2.75, 3.05) is 0 Å². The average Bonchev–Trinajstić information content (AvgIpc) is 2.90. The van der Waals surface area contributed by atoms with Gasteiger partial charge >= 0.3 is 5.97 Å². The van der Waals surface area contributed by atoms with Gasteiger partial charge in [0.05, 0.1) is 17.1 Å². The zero-order valence-corrected chi connectivity index (χ0v) is 14.0. The number of rotatable bonds is 5. The third kappa shape index (κ3) is 3.34. The highest BCUT2D eigenvalue weighted by Crippen LogP contribution is 2.22. The second kappa shape index (κ2) is 6.89. The number of benzene rings is 2. The number of carbonyl (C=O) groups is 1. The summed E-state index contributed by atoms with van der Waals surface area (Å²) in [5.74, 6) is -0.955. The molecule has 1 aromatic heterocycles. The predicted octanol–water partition coefficient (Wildman–Crippen LogP) is 4.32. The van der Waals surface area contributed by atoms with Crippen molar-refractivity contribution < 1.29 is 9.90 Å². The molecule has 0 aliphatic carbocycles. The fourth-order valence-corrected chi connectivity index (χ4v) is 2.96. The van der Waals surface area contributed by atoms with Gasteiger partial charge < -0.3 is 5.11 Å². The van der Waals surface area contributed by atoms with E-state index < -0.39 is 5.97 Å². The van der Waals surface area contributed by atoms with E-state index in [1.807, 2.05) is 42.5 Å². The number of hydrogen-bond acceptors (Lipinski definition) is 2. The number of aromatic nitrogens is 2. The lowest BCUT2D eigenvalue weighted by Gasteiger charge is -2.04. The van der Waals surface area contributed by atoms with Crippen molar-refractivity contribution >= 4 is 17.6 Å². The Labute approximate surface area is 145 Å². The van der Waals surface area contributed by atoms with Crippen molar-refractivity contribution in [3.63, 3.8) is 0 Å². The maximum atomic E-state index is 11.7. The topological polar surface area (TPSA) is 55.1 Å². The SMILES string of the molecule is Cc1c(C(=O)O)c(CCc2ccccc2)nn1-c1cccc(Cl)c1. The van der Waals surface area contributed by atoms with E-state index in [-0.39, 0.29) is 5.56 Å². The maximum absolute atomic E-state index is 11.7. The molecule has 122 valence electrons. The van der Waals surface area contributed by atoms with Crippen molar-refractivity contribution in [1.29, 1.82) is 0 Å². The lowest BCUT2D eigenvalue weighted by atomic mass is 10.1. The number of carboxylic acids is 1. The zero-order valence-electron chi connectivity index (χ0n) is 13.2. The highest BCUT2D eigenvalue weighted by atomic mass is 35.5. The number of aromatic carboxylic acids is 1. The molecule has 0 aliphatic rings. The first-order valence-electron chi connectivity index (χ1n) is 7.68. The Bertz CT molecular complexity index is 872. The normalized spacial score (nSPS) is 10.8. The Kier molecular flexibility index (Phi) is 4.67. The predicted molar refractivity (Wildman–Crippen MR) is 94.1 cm³/mol. The number of hydrogen-bond donors (Lipinski definition) is 1. The smallest absolute Gasteiger partial charge is 0.339 e. The molecular weight excluding hydrogens is 324 g/mol. The molecule has 4 nitrogen and oxygen atoms in total. The number of halogens is 1. The largest absolute Gasteiger partial charge is 0.478 e. The second-order valence-corrected chi connectivity index (χ2v) is 6.03. The number of carboxylic acid groups (broad SMARTS) is 1. The summed E-state index contributed by atoms with van der Waals surface area (Å²) in [7, 11) is 0. The molecule has 0 radical (unpaired) electrons. The molecule has 0 bridgehead atoms. The molecule has 3 aromatic rings. The van der Waals surface area contributed by atoms with Gasteiger partial charge in [0.15, 0.2) is 0 Å². The summed E-state index contributed by atoms with van der Waals surface area (Å²) in [5, 5.41) is 14.7. The Hall–Kier alpha value is -2.59. The quantitative estimate of drug-likeness (QED) is 0.752. The summed E-state index contributed by atoms with van der Waals surface area (Å²) in [4.78, 5) is 11.7. The molecule has 5 heteroatoms. The molecule has 0 aliphatic heterocycles. The Morgan fingerprint density at radius 2 is 1.88 bits per heavy atom. The summed E-state index contributed by atoms with van der Waals surface area (Å²) in [6, 6.07) is 17.2. The third-order valence-corrected chi connectivity index (χ3v) is 4.18. The maximum Gasteiger partial charge on any atom is 0.339 e. The van der Waals surface area contributed by atoms with Crippen molar-refractivity contribution in [3.05, 3.63) is 82.1 Å². The highest BCUT2D eigenvalue weighted by molar-refractivity contribution is 6.30. The van der Waals surface area contributed by atoms with Crippen molar-refractivity contribution in [3.8, 4) is 5.69 Å². The van der Waals surface area contributed by atoms with Crippen LogP contribution in [0, 0.1) is 6.92 Å². The van der Waals surface area contributed by atoms with E-state index in [1.165, 1.54) is 0 Å². The monoisotopic (exact) mass is 340 g/mol. The van der Waals surface area contributed by atoms with Crippen LogP contribution in [0.5, 0.6) is 0 Å². The van der Waals surface area contributed by atoms with E-state index in [9.17, 15) is 9.90 Å². The van der Waals surface area contributed by atoms with Crippen LogP contribution in [0.25, 0.3) is 5.69 Å². The van der Waals surface area contributed by atoms with Crippen molar-refractivity contribution in [1.82, 2.24) is 9.78 Å². The summed E-state index contributed by atoms with van der Waals surface area (Å²) in [6.07, 6.45) is 1.31. The van der Waals surface area contributed by atoms with E-state index >= 15 is 0 Å². The minimum atomic E-state index is -0.955. The molecule has 0 saturated heterocycles. The van der Waals surface area contributed by atoms with Gasteiger partial charge in [-0.2, -0.15) is 5.10 Å². The Morgan fingerprint density at radius 1 is 1.12 bits per heavy atom.